The van der Waals surface area contributed by atoms with E-state index in [1.165, 1.54) is 103 Å². The molecule has 2 atom stereocenters. The van der Waals surface area contributed by atoms with Crippen molar-refractivity contribution in [2.24, 2.45) is 11.8 Å². The lowest BCUT2D eigenvalue weighted by atomic mass is 9.93. The minimum Gasteiger partial charge on any atom is -0.326 e. The van der Waals surface area contributed by atoms with Crippen LogP contribution in [0.1, 0.15) is 182 Å². The molecule has 0 aliphatic carbocycles. The van der Waals surface area contributed by atoms with Gasteiger partial charge in [0.15, 0.2) is 0 Å². The molecule has 0 aliphatic rings. The summed E-state index contributed by atoms with van der Waals surface area (Å²) in [5, 5.41) is 6.35. The first kappa shape index (κ1) is 38.2. The van der Waals surface area contributed by atoms with Gasteiger partial charge in [0, 0.05) is 23.2 Å². The van der Waals surface area contributed by atoms with Crippen molar-refractivity contribution in [1.82, 2.24) is 0 Å². The fourth-order valence-corrected chi connectivity index (χ4v) is 5.92. The number of carbonyl (C=O) groups excluding carboxylic acids is 2. The van der Waals surface area contributed by atoms with Crippen molar-refractivity contribution < 1.29 is 9.59 Å². The Kier molecular flexibility index (Phi) is 24.3. The van der Waals surface area contributed by atoms with Crippen molar-refractivity contribution in [2.75, 3.05) is 10.6 Å². The molecule has 0 spiro atoms. The Labute approximate surface area is 261 Å². The second-order valence-electron chi connectivity index (χ2n) is 12.8. The molecule has 4 nitrogen and oxygen atoms in total. The molecule has 42 heavy (non-hydrogen) atoms. The fraction of sp³-hybridized carbons (Fsp3) is 0.789. The Morgan fingerprint density at radius 1 is 0.429 bits per heavy atom. The van der Waals surface area contributed by atoms with Gasteiger partial charge in [0.05, 0.1) is 0 Å². The third-order valence-electron chi connectivity index (χ3n) is 8.79. The van der Waals surface area contributed by atoms with E-state index in [2.05, 4.69) is 38.3 Å². The maximum Gasteiger partial charge on any atom is 0.227 e. The molecule has 1 rings (SSSR count). The summed E-state index contributed by atoms with van der Waals surface area (Å²) in [6.07, 6.45) is 28.8. The minimum absolute atomic E-state index is 0.0853. The molecular formula is C38H68N2O2. The molecule has 0 aromatic heterocycles. The first-order valence-corrected chi connectivity index (χ1v) is 18.3. The normalized spacial score (nSPS) is 12.7. The van der Waals surface area contributed by atoms with Crippen LogP contribution in [0.4, 0.5) is 11.4 Å². The maximum atomic E-state index is 13.2. The molecule has 1 aromatic carbocycles. The predicted molar refractivity (Wildman–Crippen MR) is 184 cm³/mol. The van der Waals surface area contributed by atoms with Gasteiger partial charge < -0.3 is 10.6 Å². The van der Waals surface area contributed by atoms with Gasteiger partial charge in [-0.2, -0.15) is 0 Å². The molecule has 242 valence electrons. The summed E-state index contributed by atoms with van der Waals surface area (Å²) in [4.78, 5) is 26.4. The Bertz CT molecular complexity index is 711. The van der Waals surface area contributed by atoms with Crippen molar-refractivity contribution in [2.45, 2.75) is 182 Å². The molecule has 4 heteroatoms. The Morgan fingerprint density at radius 3 is 0.976 bits per heavy atom. The van der Waals surface area contributed by atoms with Crippen LogP contribution in [0.25, 0.3) is 0 Å². The number of hydrogen-bond donors (Lipinski definition) is 2. The Hall–Kier alpha value is -1.84. The highest BCUT2D eigenvalue weighted by Crippen LogP contribution is 2.24. The van der Waals surface area contributed by atoms with Crippen LogP contribution in [-0.4, -0.2) is 11.8 Å². The molecule has 0 fully saturated rings. The topological polar surface area (TPSA) is 58.2 Å². The van der Waals surface area contributed by atoms with Crippen LogP contribution in [0.5, 0.6) is 0 Å². The summed E-state index contributed by atoms with van der Waals surface area (Å²) in [5.74, 6) is 0.475. The molecule has 0 aliphatic heterocycles. The summed E-state index contributed by atoms with van der Waals surface area (Å²) in [6, 6.07) is 7.75. The number of nitrogens with one attached hydrogen (secondary N) is 2. The summed E-state index contributed by atoms with van der Waals surface area (Å²) >= 11 is 0. The summed E-state index contributed by atoms with van der Waals surface area (Å²) < 4.78 is 0. The Morgan fingerprint density at radius 2 is 0.667 bits per heavy atom. The molecule has 2 amide bonds. The number of rotatable bonds is 28. The van der Waals surface area contributed by atoms with Crippen LogP contribution in [0.3, 0.4) is 0 Å². The summed E-state index contributed by atoms with van der Waals surface area (Å²) in [7, 11) is 0. The van der Waals surface area contributed by atoms with Gasteiger partial charge in [0.2, 0.25) is 11.8 Å². The zero-order valence-electron chi connectivity index (χ0n) is 28.3. The average molecular weight is 585 g/mol. The van der Waals surface area contributed by atoms with Crippen molar-refractivity contribution >= 4 is 23.2 Å². The van der Waals surface area contributed by atoms with Gasteiger partial charge in [0.25, 0.3) is 0 Å². The van der Waals surface area contributed by atoms with Crippen molar-refractivity contribution in [3.63, 3.8) is 0 Å². The lowest BCUT2D eigenvalue weighted by Crippen LogP contribution is -2.24. The first-order valence-electron chi connectivity index (χ1n) is 18.3. The van der Waals surface area contributed by atoms with Crippen LogP contribution in [0, 0.1) is 11.8 Å². The zero-order valence-corrected chi connectivity index (χ0v) is 28.3. The number of unbranched alkanes of at least 4 members (excludes halogenated alkanes) is 16. The van der Waals surface area contributed by atoms with E-state index >= 15 is 0 Å². The van der Waals surface area contributed by atoms with Crippen LogP contribution in [0.2, 0.25) is 0 Å². The fourth-order valence-electron chi connectivity index (χ4n) is 5.92. The van der Waals surface area contributed by atoms with E-state index in [0.29, 0.717) is 0 Å². The number of carbonyl (C=O) groups is 2. The SMILES string of the molecule is CCCCCCCCCC(CCCCC)C(=O)Nc1ccc(NC(=O)C(CCCCC)CCCCCCCCC)cc1. The number of hydrogen-bond acceptors (Lipinski definition) is 2. The molecule has 0 radical (unpaired) electrons. The van der Waals surface area contributed by atoms with E-state index in [1.807, 2.05) is 24.3 Å². The largest absolute Gasteiger partial charge is 0.326 e. The zero-order chi connectivity index (χ0) is 30.7. The lowest BCUT2D eigenvalue weighted by Gasteiger charge is -2.18. The van der Waals surface area contributed by atoms with Gasteiger partial charge in [-0.15, -0.1) is 0 Å². The molecule has 2 unspecified atom stereocenters. The lowest BCUT2D eigenvalue weighted by molar-refractivity contribution is -0.121. The highest BCUT2D eigenvalue weighted by molar-refractivity contribution is 5.94. The molecule has 0 heterocycles. The van der Waals surface area contributed by atoms with Gasteiger partial charge >= 0.3 is 0 Å². The predicted octanol–water partition coefficient (Wildman–Crippen LogP) is 12.2. The molecule has 1 aromatic rings. The molecule has 0 saturated carbocycles. The second-order valence-corrected chi connectivity index (χ2v) is 12.8. The highest BCUT2D eigenvalue weighted by Gasteiger charge is 2.19. The minimum atomic E-state index is 0.0853. The van der Waals surface area contributed by atoms with Gasteiger partial charge in [-0.05, 0) is 49.9 Å². The third kappa shape index (κ3) is 19.4. The number of benzene rings is 1. The first-order chi connectivity index (χ1) is 20.5. The van der Waals surface area contributed by atoms with Crippen LogP contribution in [-0.2, 0) is 9.59 Å². The maximum absolute atomic E-state index is 13.2. The molecule has 0 bridgehead atoms. The molecule has 0 saturated heterocycles. The molecule has 2 N–H and O–H groups in total. The smallest absolute Gasteiger partial charge is 0.227 e. The average Bonchev–Trinajstić information content (AvgIpc) is 2.99. The quantitative estimate of drug-likeness (QED) is 0.0962. The molecular weight excluding hydrogens is 516 g/mol. The monoisotopic (exact) mass is 585 g/mol. The van der Waals surface area contributed by atoms with Crippen LogP contribution in [0.15, 0.2) is 24.3 Å². The van der Waals surface area contributed by atoms with E-state index in [4.69, 9.17) is 0 Å². The van der Waals surface area contributed by atoms with E-state index in [-0.39, 0.29) is 23.7 Å². The number of anilines is 2. The summed E-state index contributed by atoms with van der Waals surface area (Å²) in [6.45, 7) is 8.95. The summed E-state index contributed by atoms with van der Waals surface area (Å²) in [5.41, 5.74) is 1.64. The van der Waals surface area contributed by atoms with E-state index in [9.17, 15) is 9.59 Å². The van der Waals surface area contributed by atoms with E-state index < -0.39 is 0 Å². The highest BCUT2D eigenvalue weighted by atomic mass is 16.2. The van der Waals surface area contributed by atoms with Crippen molar-refractivity contribution in [3.8, 4) is 0 Å². The van der Waals surface area contributed by atoms with Crippen molar-refractivity contribution in [3.05, 3.63) is 24.3 Å². The third-order valence-corrected chi connectivity index (χ3v) is 8.79. The standard InChI is InChI=1S/C38H68N2O2/c1-5-9-13-15-17-19-23-27-33(25-21-11-7-3)37(41)39-35-29-31-36(32-30-35)40-38(42)34(26-22-12-8-4)28-24-20-18-16-14-10-6-2/h29-34H,5-28H2,1-4H3,(H,39,41)(H,40,42). The Balaban J connectivity index is 2.59. The van der Waals surface area contributed by atoms with Gasteiger partial charge in [-0.1, -0.05) is 156 Å². The van der Waals surface area contributed by atoms with Crippen LogP contribution < -0.4 is 10.6 Å². The number of amides is 2. The van der Waals surface area contributed by atoms with E-state index in [0.717, 1.165) is 62.7 Å². The van der Waals surface area contributed by atoms with Gasteiger partial charge in [-0.25, -0.2) is 0 Å². The van der Waals surface area contributed by atoms with E-state index in [1.54, 1.807) is 0 Å². The van der Waals surface area contributed by atoms with Crippen LogP contribution >= 0.6 is 0 Å². The van der Waals surface area contributed by atoms with Gasteiger partial charge in [0.1, 0.15) is 0 Å². The van der Waals surface area contributed by atoms with Crippen molar-refractivity contribution in [1.29, 1.82) is 0 Å². The second kappa shape index (κ2) is 26.8. The van der Waals surface area contributed by atoms with Gasteiger partial charge in [-0.3, -0.25) is 9.59 Å².